The molecule has 26 heavy (non-hydrogen) atoms. The van der Waals surface area contributed by atoms with Gasteiger partial charge < -0.3 is 15.5 Å². The zero-order valence-corrected chi connectivity index (χ0v) is 13.8. The fourth-order valence-electron chi connectivity index (χ4n) is 2.71. The fraction of sp³-hybridized carbons (Fsp3) is 0.0526. The van der Waals surface area contributed by atoms with Crippen LogP contribution < -0.4 is 16.5 Å². The van der Waals surface area contributed by atoms with E-state index in [0.29, 0.717) is 16.8 Å². The van der Waals surface area contributed by atoms with Crippen molar-refractivity contribution in [3.63, 3.8) is 0 Å². The number of rotatable bonds is 2. The lowest BCUT2D eigenvalue weighted by Crippen LogP contribution is -2.17. The Morgan fingerprint density at radius 2 is 2.00 bits per heavy atom. The molecule has 0 saturated carbocycles. The van der Waals surface area contributed by atoms with Gasteiger partial charge in [0.2, 0.25) is 11.1 Å². The number of carbonyl (C=O) groups excluding carboxylic acids is 1. The molecule has 0 radical (unpaired) electrons. The molecular formula is C19H14N4O3. The van der Waals surface area contributed by atoms with E-state index in [4.69, 9.17) is 10.2 Å². The van der Waals surface area contributed by atoms with Gasteiger partial charge in [0, 0.05) is 6.20 Å². The maximum atomic E-state index is 12.8. The molecule has 1 aromatic carbocycles. The first-order valence-electron chi connectivity index (χ1n) is 7.89. The molecule has 0 aliphatic rings. The molecule has 0 spiro atoms. The fourth-order valence-corrected chi connectivity index (χ4v) is 2.71. The molecule has 3 N–H and O–H groups in total. The molecule has 7 nitrogen and oxygen atoms in total. The van der Waals surface area contributed by atoms with Crippen LogP contribution in [-0.2, 0) is 0 Å². The number of nitrogens with two attached hydrogens (primary N) is 1. The van der Waals surface area contributed by atoms with E-state index in [1.165, 1.54) is 6.07 Å². The van der Waals surface area contributed by atoms with Crippen molar-refractivity contribution >= 4 is 39.6 Å². The third kappa shape index (κ3) is 2.65. The number of fused-ring (bicyclic) bond motifs is 2. The Kier molecular flexibility index (Phi) is 3.62. The number of hydrogen-bond acceptors (Lipinski definition) is 6. The maximum absolute atomic E-state index is 12.8. The van der Waals surface area contributed by atoms with Gasteiger partial charge >= 0.3 is 0 Å². The molecule has 128 valence electrons. The number of anilines is 2. The van der Waals surface area contributed by atoms with Crippen molar-refractivity contribution < 1.29 is 9.21 Å². The molecule has 0 fully saturated rings. The summed E-state index contributed by atoms with van der Waals surface area (Å²) in [5.74, 6) is -0.155. The summed E-state index contributed by atoms with van der Waals surface area (Å²) >= 11 is 0. The van der Waals surface area contributed by atoms with Gasteiger partial charge in [-0.1, -0.05) is 17.7 Å². The minimum atomic E-state index is -0.501. The lowest BCUT2D eigenvalue weighted by molar-refractivity contribution is 0.102. The van der Waals surface area contributed by atoms with Gasteiger partial charge in [-0.05, 0) is 37.3 Å². The van der Waals surface area contributed by atoms with Crippen LogP contribution in [-0.4, -0.2) is 15.9 Å². The molecule has 1 amide bonds. The van der Waals surface area contributed by atoms with E-state index in [0.717, 1.165) is 5.56 Å². The first-order chi connectivity index (χ1) is 12.5. The van der Waals surface area contributed by atoms with Crippen LogP contribution >= 0.6 is 0 Å². The summed E-state index contributed by atoms with van der Waals surface area (Å²) in [5.41, 5.74) is 7.18. The van der Waals surface area contributed by atoms with Gasteiger partial charge in [-0.2, -0.15) is 4.98 Å². The van der Waals surface area contributed by atoms with Crippen LogP contribution in [0.4, 0.5) is 11.6 Å². The Balaban J connectivity index is 1.87. The topological polar surface area (TPSA) is 111 Å². The van der Waals surface area contributed by atoms with Crippen molar-refractivity contribution in [3.8, 4) is 0 Å². The molecule has 0 atom stereocenters. The van der Waals surface area contributed by atoms with Crippen LogP contribution in [0, 0.1) is 6.92 Å². The minimum absolute atomic E-state index is 0.0273. The highest BCUT2D eigenvalue weighted by Crippen LogP contribution is 2.22. The molecule has 0 bridgehead atoms. The van der Waals surface area contributed by atoms with E-state index < -0.39 is 5.91 Å². The van der Waals surface area contributed by atoms with Crippen LogP contribution in [0.5, 0.6) is 0 Å². The number of nitrogens with zero attached hydrogens (tertiary/aromatic N) is 2. The summed E-state index contributed by atoms with van der Waals surface area (Å²) in [5, 5.41) is 3.26. The molecular weight excluding hydrogens is 332 g/mol. The van der Waals surface area contributed by atoms with Crippen LogP contribution in [0.25, 0.3) is 22.1 Å². The number of aryl methyl sites for hydroxylation is 1. The van der Waals surface area contributed by atoms with Gasteiger partial charge in [-0.25, -0.2) is 4.98 Å². The quantitative estimate of drug-likeness (QED) is 0.540. The summed E-state index contributed by atoms with van der Waals surface area (Å²) < 4.78 is 5.68. The largest absolute Gasteiger partial charge is 0.437 e. The number of hydrogen-bond donors (Lipinski definition) is 2. The van der Waals surface area contributed by atoms with Crippen molar-refractivity contribution in [2.45, 2.75) is 6.92 Å². The lowest BCUT2D eigenvalue weighted by Gasteiger charge is -2.08. The summed E-state index contributed by atoms with van der Waals surface area (Å²) in [6.07, 6.45) is 1.56. The predicted octanol–water partition coefficient (Wildman–Crippen LogP) is 2.88. The highest BCUT2D eigenvalue weighted by Gasteiger charge is 2.17. The smallest absolute Gasteiger partial charge is 0.260 e. The van der Waals surface area contributed by atoms with Crippen LogP contribution in [0.1, 0.15) is 15.9 Å². The first-order valence-corrected chi connectivity index (χ1v) is 7.89. The third-order valence-corrected chi connectivity index (χ3v) is 4.00. The van der Waals surface area contributed by atoms with Gasteiger partial charge in [-0.15, -0.1) is 0 Å². The van der Waals surface area contributed by atoms with Crippen molar-refractivity contribution in [1.82, 2.24) is 9.97 Å². The van der Waals surface area contributed by atoms with Gasteiger partial charge in [0.1, 0.15) is 17.2 Å². The summed E-state index contributed by atoms with van der Waals surface area (Å²) in [6, 6.07) is 11.8. The molecule has 0 aliphatic carbocycles. The van der Waals surface area contributed by atoms with E-state index in [1.54, 1.807) is 36.5 Å². The van der Waals surface area contributed by atoms with E-state index in [9.17, 15) is 9.59 Å². The molecule has 0 saturated heterocycles. The zero-order valence-electron chi connectivity index (χ0n) is 13.8. The van der Waals surface area contributed by atoms with E-state index >= 15 is 0 Å². The Morgan fingerprint density at radius 3 is 2.77 bits per heavy atom. The van der Waals surface area contributed by atoms with Crippen molar-refractivity contribution in [2.75, 3.05) is 11.1 Å². The SMILES string of the molecule is Cc1ccc2oc3nc(N)c(C(=O)Nc4ccccn4)cc3c(=O)c2c1. The number of pyridine rings is 2. The van der Waals surface area contributed by atoms with E-state index in [2.05, 4.69) is 15.3 Å². The second kappa shape index (κ2) is 5.96. The molecule has 0 unspecified atom stereocenters. The summed E-state index contributed by atoms with van der Waals surface area (Å²) in [4.78, 5) is 33.4. The molecule has 3 heterocycles. The van der Waals surface area contributed by atoms with Gasteiger partial charge in [0.05, 0.1) is 16.3 Å². The summed E-state index contributed by atoms with van der Waals surface area (Å²) in [7, 11) is 0. The monoisotopic (exact) mass is 346 g/mol. The minimum Gasteiger partial charge on any atom is -0.437 e. The highest BCUT2D eigenvalue weighted by molar-refractivity contribution is 6.08. The van der Waals surface area contributed by atoms with E-state index in [-0.39, 0.29) is 27.9 Å². The predicted molar refractivity (Wildman–Crippen MR) is 99.1 cm³/mol. The first kappa shape index (κ1) is 15.8. The number of aromatic nitrogens is 2. The average molecular weight is 346 g/mol. The number of amides is 1. The lowest BCUT2D eigenvalue weighted by atomic mass is 10.1. The molecule has 3 aromatic heterocycles. The Hall–Kier alpha value is -3.74. The normalized spacial score (nSPS) is 11.0. The van der Waals surface area contributed by atoms with Crippen molar-refractivity contribution in [3.05, 3.63) is 70.0 Å². The maximum Gasteiger partial charge on any atom is 0.260 e. The standard InChI is InChI=1S/C19H14N4O3/c1-10-5-6-14-11(8-10)16(24)12-9-13(17(20)23-19(12)26-14)18(25)22-15-4-2-3-7-21-15/h2-9H,1H3,(H2,20,23)(H,21,22,25). The number of nitrogens with one attached hydrogen (secondary N) is 1. The number of carbonyl (C=O) groups is 1. The van der Waals surface area contributed by atoms with E-state index in [1.807, 2.05) is 13.0 Å². The Morgan fingerprint density at radius 1 is 1.15 bits per heavy atom. The Bertz CT molecular complexity index is 1220. The zero-order chi connectivity index (χ0) is 18.3. The average Bonchev–Trinajstić information content (AvgIpc) is 2.63. The van der Waals surface area contributed by atoms with Gasteiger partial charge in [0.25, 0.3) is 5.91 Å². The molecule has 4 rings (SSSR count). The van der Waals surface area contributed by atoms with Crippen LogP contribution in [0.15, 0.2) is 57.9 Å². The van der Waals surface area contributed by atoms with Crippen LogP contribution in [0.2, 0.25) is 0 Å². The summed E-state index contributed by atoms with van der Waals surface area (Å²) in [6.45, 7) is 1.88. The molecule has 4 aromatic rings. The second-order valence-electron chi connectivity index (χ2n) is 5.87. The second-order valence-corrected chi connectivity index (χ2v) is 5.87. The van der Waals surface area contributed by atoms with Crippen molar-refractivity contribution in [1.29, 1.82) is 0 Å². The molecule has 7 heteroatoms. The number of nitrogen functional groups attached to an aromatic ring is 1. The Labute approximate surface area is 147 Å². The van der Waals surface area contributed by atoms with Crippen LogP contribution in [0.3, 0.4) is 0 Å². The molecule has 0 aliphatic heterocycles. The van der Waals surface area contributed by atoms with Crippen molar-refractivity contribution in [2.24, 2.45) is 0 Å². The van der Waals surface area contributed by atoms with Gasteiger partial charge in [-0.3, -0.25) is 9.59 Å². The third-order valence-electron chi connectivity index (χ3n) is 4.00. The highest BCUT2D eigenvalue weighted by atomic mass is 16.3. The number of benzene rings is 1. The van der Waals surface area contributed by atoms with Gasteiger partial charge in [0.15, 0.2) is 0 Å².